The van der Waals surface area contributed by atoms with Crippen LogP contribution in [-0.4, -0.2) is 27.3 Å². The molecule has 2 aromatic heterocycles. The summed E-state index contributed by atoms with van der Waals surface area (Å²) in [7, 11) is 0. The van der Waals surface area contributed by atoms with E-state index in [-0.39, 0.29) is 11.9 Å². The molecule has 0 aliphatic carbocycles. The Morgan fingerprint density at radius 2 is 2.37 bits per heavy atom. The van der Waals surface area contributed by atoms with Crippen molar-refractivity contribution in [2.75, 3.05) is 6.54 Å². The number of pyridine rings is 1. The molecule has 2 aromatic rings. The quantitative estimate of drug-likeness (QED) is 0.897. The lowest BCUT2D eigenvalue weighted by molar-refractivity contribution is 0.0729. The number of nitrogens with zero attached hydrogens (tertiary/aromatic N) is 2. The molecule has 1 aliphatic heterocycles. The molecular formula is C15H17N3O. The van der Waals surface area contributed by atoms with Crippen molar-refractivity contribution >= 4 is 5.91 Å². The molecule has 1 amide bonds. The number of hydrogen-bond acceptors (Lipinski definition) is 2. The van der Waals surface area contributed by atoms with Crippen molar-refractivity contribution in [3.8, 4) is 0 Å². The first-order valence-corrected chi connectivity index (χ1v) is 6.62. The van der Waals surface area contributed by atoms with Crippen LogP contribution in [0.25, 0.3) is 0 Å². The van der Waals surface area contributed by atoms with Gasteiger partial charge in [0, 0.05) is 25.1 Å². The molecule has 0 radical (unpaired) electrons. The van der Waals surface area contributed by atoms with E-state index in [1.165, 1.54) is 0 Å². The molecule has 1 saturated heterocycles. The maximum absolute atomic E-state index is 12.6. The fourth-order valence-electron chi connectivity index (χ4n) is 2.75. The van der Waals surface area contributed by atoms with Crippen LogP contribution < -0.4 is 0 Å². The van der Waals surface area contributed by atoms with Crippen molar-refractivity contribution in [1.29, 1.82) is 0 Å². The Morgan fingerprint density at radius 1 is 1.47 bits per heavy atom. The van der Waals surface area contributed by atoms with Crippen molar-refractivity contribution in [2.45, 2.75) is 25.8 Å². The number of aryl methyl sites for hydroxylation is 1. The lowest BCUT2D eigenvalue weighted by Crippen LogP contribution is -2.31. The van der Waals surface area contributed by atoms with Crippen LogP contribution in [0.3, 0.4) is 0 Å². The first-order valence-electron chi connectivity index (χ1n) is 6.62. The van der Waals surface area contributed by atoms with Crippen LogP contribution in [-0.2, 0) is 0 Å². The standard InChI is InChI=1S/C15H17N3O/c1-11-6-8-17-14(11)15(19)18-9-3-5-13(18)12-4-2-7-16-10-12/h2,4,6-8,10,13,17H,3,5,9H2,1H3. The van der Waals surface area contributed by atoms with Crippen LogP contribution in [0.5, 0.6) is 0 Å². The first kappa shape index (κ1) is 12.0. The van der Waals surface area contributed by atoms with E-state index in [1.54, 1.807) is 6.20 Å². The third kappa shape index (κ3) is 2.14. The average Bonchev–Trinajstić information content (AvgIpc) is 3.07. The van der Waals surface area contributed by atoms with Crippen LogP contribution >= 0.6 is 0 Å². The van der Waals surface area contributed by atoms with Crippen LogP contribution in [0.4, 0.5) is 0 Å². The summed E-state index contributed by atoms with van der Waals surface area (Å²) in [5.74, 6) is 0.0915. The molecule has 1 atom stereocenters. The second-order valence-electron chi connectivity index (χ2n) is 4.98. The molecule has 4 heteroatoms. The lowest BCUT2D eigenvalue weighted by atomic mass is 10.1. The highest BCUT2D eigenvalue weighted by atomic mass is 16.2. The smallest absolute Gasteiger partial charge is 0.271 e. The number of likely N-dealkylation sites (tertiary alicyclic amines) is 1. The van der Waals surface area contributed by atoms with Gasteiger partial charge < -0.3 is 9.88 Å². The summed E-state index contributed by atoms with van der Waals surface area (Å²) < 4.78 is 0. The second kappa shape index (κ2) is 4.88. The molecule has 1 fully saturated rings. The van der Waals surface area contributed by atoms with Gasteiger partial charge in [-0.15, -0.1) is 0 Å². The molecule has 0 aromatic carbocycles. The number of aromatic nitrogens is 2. The van der Waals surface area contributed by atoms with E-state index >= 15 is 0 Å². The lowest BCUT2D eigenvalue weighted by Gasteiger charge is -2.24. The van der Waals surface area contributed by atoms with Gasteiger partial charge in [-0.25, -0.2) is 0 Å². The molecule has 0 saturated carbocycles. The monoisotopic (exact) mass is 255 g/mol. The summed E-state index contributed by atoms with van der Waals surface area (Å²) in [6, 6.07) is 6.06. The second-order valence-corrected chi connectivity index (χ2v) is 4.98. The minimum atomic E-state index is 0.0915. The van der Waals surface area contributed by atoms with E-state index in [0.29, 0.717) is 5.69 Å². The Labute approximate surface area is 112 Å². The van der Waals surface area contributed by atoms with Gasteiger partial charge in [0.1, 0.15) is 5.69 Å². The Morgan fingerprint density at radius 3 is 3.05 bits per heavy atom. The number of hydrogen-bond donors (Lipinski definition) is 1. The van der Waals surface area contributed by atoms with Gasteiger partial charge in [-0.05, 0) is 43.0 Å². The summed E-state index contributed by atoms with van der Waals surface area (Å²) >= 11 is 0. The normalized spacial score (nSPS) is 18.8. The van der Waals surface area contributed by atoms with Crippen LogP contribution in [0.15, 0.2) is 36.8 Å². The summed E-state index contributed by atoms with van der Waals surface area (Å²) in [4.78, 5) is 21.7. The molecule has 19 heavy (non-hydrogen) atoms. The van der Waals surface area contributed by atoms with Gasteiger partial charge in [0.2, 0.25) is 0 Å². The molecule has 0 spiro atoms. The number of aromatic amines is 1. The molecule has 98 valence electrons. The minimum absolute atomic E-state index is 0.0915. The molecular weight excluding hydrogens is 238 g/mol. The van der Waals surface area contributed by atoms with Crippen LogP contribution in [0, 0.1) is 6.92 Å². The maximum atomic E-state index is 12.6. The minimum Gasteiger partial charge on any atom is -0.357 e. The summed E-state index contributed by atoms with van der Waals surface area (Å²) in [6.07, 6.45) is 7.50. The zero-order chi connectivity index (χ0) is 13.2. The molecule has 3 heterocycles. The van der Waals surface area contributed by atoms with Gasteiger partial charge >= 0.3 is 0 Å². The van der Waals surface area contributed by atoms with Crippen LogP contribution in [0.2, 0.25) is 0 Å². The van der Waals surface area contributed by atoms with E-state index in [4.69, 9.17) is 0 Å². The Balaban J connectivity index is 1.88. The number of nitrogens with one attached hydrogen (secondary N) is 1. The Hall–Kier alpha value is -2.10. The van der Waals surface area contributed by atoms with Gasteiger partial charge in [-0.1, -0.05) is 6.07 Å². The Bertz CT molecular complexity index is 576. The van der Waals surface area contributed by atoms with Crippen molar-refractivity contribution in [3.05, 3.63) is 53.6 Å². The van der Waals surface area contributed by atoms with Crippen molar-refractivity contribution < 1.29 is 4.79 Å². The molecule has 0 bridgehead atoms. The van der Waals surface area contributed by atoms with Crippen molar-refractivity contribution in [3.63, 3.8) is 0 Å². The molecule has 4 nitrogen and oxygen atoms in total. The van der Waals surface area contributed by atoms with Gasteiger partial charge in [-0.3, -0.25) is 9.78 Å². The van der Waals surface area contributed by atoms with Gasteiger partial charge in [0.05, 0.1) is 6.04 Å². The number of carbonyl (C=O) groups excluding carboxylic acids is 1. The highest BCUT2D eigenvalue weighted by molar-refractivity contribution is 5.94. The van der Waals surface area contributed by atoms with E-state index in [1.807, 2.05) is 42.4 Å². The molecule has 1 aliphatic rings. The largest absolute Gasteiger partial charge is 0.357 e. The predicted molar refractivity (Wildman–Crippen MR) is 72.8 cm³/mol. The van der Waals surface area contributed by atoms with E-state index in [2.05, 4.69) is 9.97 Å². The highest BCUT2D eigenvalue weighted by Crippen LogP contribution is 2.32. The van der Waals surface area contributed by atoms with Gasteiger partial charge in [0.25, 0.3) is 5.91 Å². The Kier molecular flexibility index (Phi) is 3.07. The first-order chi connectivity index (χ1) is 9.27. The third-order valence-electron chi connectivity index (χ3n) is 3.75. The fraction of sp³-hybridized carbons (Fsp3) is 0.333. The van der Waals surface area contributed by atoms with E-state index in [9.17, 15) is 4.79 Å². The summed E-state index contributed by atoms with van der Waals surface area (Å²) in [5, 5.41) is 0. The van der Waals surface area contributed by atoms with Gasteiger partial charge in [0.15, 0.2) is 0 Å². The zero-order valence-electron chi connectivity index (χ0n) is 11.0. The van der Waals surface area contributed by atoms with Crippen molar-refractivity contribution in [1.82, 2.24) is 14.9 Å². The maximum Gasteiger partial charge on any atom is 0.271 e. The summed E-state index contributed by atoms with van der Waals surface area (Å²) in [6.45, 7) is 2.77. The van der Waals surface area contributed by atoms with E-state index in [0.717, 1.165) is 30.5 Å². The third-order valence-corrected chi connectivity index (χ3v) is 3.75. The van der Waals surface area contributed by atoms with Crippen LogP contribution in [0.1, 0.15) is 40.5 Å². The van der Waals surface area contributed by atoms with Crippen molar-refractivity contribution in [2.24, 2.45) is 0 Å². The predicted octanol–water partition coefficient (Wildman–Crippen LogP) is 2.70. The summed E-state index contributed by atoms with van der Waals surface area (Å²) in [5.41, 5.74) is 2.83. The van der Waals surface area contributed by atoms with E-state index < -0.39 is 0 Å². The highest BCUT2D eigenvalue weighted by Gasteiger charge is 2.31. The molecule has 1 unspecified atom stereocenters. The number of H-pyrrole nitrogens is 1. The molecule has 3 rings (SSSR count). The SMILES string of the molecule is Cc1cc[nH]c1C(=O)N1CCCC1c1cccnc1. The molecule has 1 N–H and O–H groups in total. The number of rotatable bonds is 2. The topological polar surface area (TPSA) is 49.0 Å². The number of carbonyl (C=O) groups is 1. The fourth-order valence-corrected chi connectivity index (χ4v) is 2.75. The zero-order valence-corrected chi connectivity index (χ0v) is 11.0. The van der Waals surface area contributed by atoms with Gasteiger partial charge in [-0.2, -0.15) is 0 Å². The average molecular weight is 255 g/mol. The number of amides is 1.